The number of ether oxygens (including phenoxy) is 1. The second-order valence-electron chi connectivity index (χ2n) is 5.03. The van der Waals surface area contributed by atoms with Gasteiger partial charge in [0, 0.05) is 6.04 Å². The minimum Gasteiger partial charge on any atom is -0.508 e. The molecule has 1 unspecified atom stereocenters. The fraction of sp³-hybridized carbons (Fsp3) is 0.250. The molecule has 2 aromatic rings. The summed E-state index contributed by atoms with van der Waals surface area (Å²) in [6, 6.07) is 8.58. The molecule has 21 heavy (non-hydrogen) atoms. The number of aromatic hydroxyl groups is 1. The molecule has 0 fully saturated rings. The largest absolute Gasteiger partial charge is 0.508 e. The Bertz CT molecular complexity index is 606. The van der Waals surface area contributed by atoms with Gasteiger partial charge in [-0.3, -0.25) is 0 Å². The van der Waals surface area contributed by atoms with Gasteiger partial charge in [0.05, 0.1) is 0 Å². The number of hydrogen-bond acceptors (Lipinski definition) is 3. The fourth-order valence-corrected chi connectivity index (χ4v) is 2.04. The molecule has 3 nitrogen and oxygen atoms in total. The van der Waals surface area contributed by atoms with Crippen molar-refractivity contribution in [3.63, 3.8) is 0 Å². The lowest BCUT2D eigenvalue weighted by Gasteiger charge is -2.11. The van der Waals surface area contributed by atoms with Crippen LogP contribution >= 0.6 is 0 Å². The van der Waals surface area contributed by atoms with E-state index in [1.54, 1.807) is 19.1 Å². The molecule has 0 aromatic heterocycles. The van der Waals surface area contributed by atoms with Gasteiger partial charge in [0.2, 0.25) is 0 Å². The lowest BCUT2D eigenvalue weighted by atomic mass is 10.1. The highest BCUT2D eigenvalue weighted by Gasteiger charge is 2.13. The summed E-state index contributed by atoms with van der Waals surface area (Å²) in [6.45, 7) is 1.73. The Morgan fingerprint density at radius 2 is 1.81 bits per heavy atom. The number of hydrogen-bond donors (Lipinski definition) is 2. The van der Waals surface area contributed by atoms with Gasteiger partial charge >= 0.3 is 0 Å². The second-order valence-corrected chi connectivity index (χ2v) is 5.03. The summed E-state index contributed by atoms with van der Waals surface area (Å²) < 4.78 is 33.0. The van der Waals surface area contributed by atoms with E-state index in [4.69, 9.17) is 10.5 Å². The van der Waals surface area contributed by atoms with Crippen molar-refractivity contribution in [3.8, 4) is 11.5 Å². The number of phenols is 1. The fourth-order valence-electron chi connectivity index (χ4n) is 2.04. The molecule has 0 heterocycles. The Hall–Kier alpha value is -2.14. The maximum Gasteiger partial charge on any atom is 0.191 e. The van der Waals surface area contributed by atoms with Gasteiger partial charge < -0.3 is 15.6 Å². The first-order chi connectivity index (χ1) is 9.95. The number of benzene rings is 2. The van der Waals surface area contributed by atoms with Crippen LogP contribution in [-0.4, -0.2) is 11.1 Å². The molecule has 5 heteroatoms. The van der Waals surface area contributed by atoms with Crippen LogP contribution in [0.4, 0.5) is 8.78 Å². The van der Waals surface area contributed by atoms with E-state index in [0.29, 0.717) is 17.5 Å². The monoisotopic (exact) mass is 293 g/mol. The molecule has 0 aliphatic rings. The van der Waals surface area contributed by atoms with Gasteiger partial charge in [0.25, 0.3) is 0 Å². The van der Waals surface area contributed by atoms with Crippen molar-refractivity contribution >= 4 is 0 Å². The normalized spacial score (nSPS) is 12.2. The van der Waals surface area contributed by atoms with Crippen LogP contribution in [0.1, 0.15) is 18.1 Å². The average molecular weight is 293 g/mol. The molecule has 0 amide bonds. The Morgan fingerprint density at radius 1 is 1.14 bits per heavy atom. The van der Waals surface area contributed by atoms with Crippen molar-refractivity contribution in [2.75, 3.05) is 0 Å². The Kier molecular flexibility index (Phi) is 4.75. The average Bonchev–Trinajstić information content (AvgIpc) is 2.37. The predicted octanol–water partition coefficient (Wildman–Crippen LogP) is 3.14. The summed E-state index contributed by atoms with van der Waals surface area (Å²) in [7, 11) is 0. The van der Waals surface area contributed by atoms with Gasteiger partial charge in [-0.15, -0.1) is 0 Å². The first-order valence-corrected chi connectivity index (χ1v) is 6.60. The zero-order valence-corrected chi connectivity index (χ0v) is 11.6. The zero-order valence-electron chi connectivity index (χ0n) is 11.6. The highest BCUT2D eigenvalue weighted by molar-refractivity contribution is 5.33. The second kappa shape index (κ2) is 6.54. The topological polar surface area (TPSA) is 55.5 Å². The molecular formula is C16H17F2NO2. The molecule has 0 aliphatic heterocycles. The number of nitrogens with two attached hydrogens (primary N) is 1. The van der Waals surface area contributed by atoms with Gasteiger partial charge in [0.1, 0.15) is 12.4 Å². The van der Waals surface area contributed by atoms with Crippen LogP contribution in [-0.2, 0) is 13.0 Å². The van der Waals surface area contributed by atoms with E-state index in [-0.39, 0.29) is 18.4 Å². The van der Waals surface area contributed by atoms with Crippen molar-refractivity contribution in [2.24, 2.45) is 5.73 Å². The zero-order chi connectivity index (χ0) is 15.4. The maximum absolute atomic E-state index is 13.9. The van der Waals surface area contributed by atoms with Crippen molar-refractivity contribution < 1.29 is 18.6 Å². The maximum atomic E-state index is 13.9. The van der Waals surface area contributed by atoms with Crippen molar-refractivity contribution in [1.82, 2.24) is 0 Å². The van der Waals surface area contributed by atoms with E-state index >= 15 is 0 Å². The van der Waals surface area contributed by atoms with E-state index in [1.165, 1.54) is 24.3 Å². The van der Waals surface area contributed by atoms with Crippen LogP contribution < -0.4 is 10.5 Å². The van der Waals surface area contributed by atoms with E-state index < -0.39 is 17.4 Å². The standard InChI is InChI=1S/C16H17F2NO2/c1-10(19)5-12-7-14(17)16(15(18)8-12)21-9-11-3-2-4-13(20)6-11/h2-4,6-8,10,20H,5,9,19H2,1H3. The lowest BCUT2D eigenvalue weighted by Crippen LogP contribution is -2.18. The van der Waals surface area contributed by atoms with Crippen LogP contribution in [0.25, 0.3) is 0 Å². The van der Waals surface area contributed by atoms with Crippen molar-refractivity contribution in [2.45, 2.75) is 26.0 Å². The van der Waals surface area contributed by atoms with Gasteiger partial charge in [-0.2, -0.15) is 0 Å². The Morgan fingerprint density at radius 3 is 2.38 bits per heavy atom. The molecule has 1 atom stereocenters. The molecule has 0 radical (unpaired) electrons. The lowest BCUT2D eigenvalue weighted by molar-refractivity contribution is 0.273. The third-order valence-corrected chi connectivity index (χ3v) is 2.91. The van der Waals surface area contributed by atoms with E-state index in [0.717, 1.165) is 0 Å². The van der Waals surface area contributed by atoms with E-state index in [1.807, 2.05) is 0 Å². The van der Waals surface area contributed by atoms with Crippen molar-refractivity contribution in [1.29, 1.82) is 0 Å². The van der Waals surface area contributed by atoms with Gasteiger partial charge in [-0.05, 0) is 48.7 Å². The molecule has 0 saturated carbocycles. The molecule has 0 bridgehead atoms. The number of halogens is 2. The Balaban J connectivity index is 2.13. The summed E-state index contributed by atoms with van der Waals surface area (Å²) in [5.74, 6) is -1.87. The number of phenolic OH excluding ortho intramolecular Hbond substituents is 1. The minimum atomic E-state index is -0.759. The molecule has 0 saturated heterocycles. The summed E-state index contributed by atoms with van der Waals surface area (Å²) in [5, 5.41) is 9.32. The summed E-state index contributed by atoms with van der Waals surface area (Å²) in [6.07, 6.45) is 0.390. The van der Waals surface area contributed by atoms with Gasteiger partial charge in [-0.25, -0.2) is 8.78 Å². The highest BCUT2D eigenvalue weighted by atomic mass is 19.1. The molecule has 0 aliphatic carbocycles. The SMILES string of the molecule is CC(N)Cc1cc(F)c(OCc2cccc(O)c2)c(F)c1. The van der Waals surface area contributed by atoms with Crippen LogP contribution in [0.5, 0.6) is 11.5 Å². The molecule has 3 N–H and O–H groups in total. The molecular weight excluding hydrogens is 276 g/mol. The van der Waals surface area contributed by atoms with E-state index in [2.05, 4.69) is 0 Å². The van der Waals surface area contributed by atoms with Crippen LogP contribution in [0.2, 0.25) is 0 Å². The first kappa shape index (κ1) is 15.3. The summed E-state index contributed by atoms with van der Waals surface area (Å²) >= 11 is 0. The quantitative estimate of drug-likeness (QED) is 0.890. The third-order valence-electron chi connectivity index (χ3n) is 2.91. The minimum absolute atomic E-state index is 0.0329. The summed E-state index contributed by atoms with van der Waals surface area (Å²) in [4.78, 5) is 0. The van der Waals surface area contributed by atoms with E-state index in [9.17, 15) is 13.9 Å². The van der Waals surface area contributed by atoms with Crippen LogP contribution in [0, 0.1) is 11.6 Å². The molecule has 112 valence electrons. The first-order valence-electron chi connectivity index (χ1n) is 6.60. The highest BCUT2D eigenvalue weighted by Crippen LogP contribution is 2.25. The van der Waals surface area contributed by atoms with Crippen LogP contribution in [0.15, 0.2) is 36.4 Å². The molecule has 2 aromatic carbocycles. The number of rotatable bonds is 5. The summed E-state index contributed by atoms with van der Waals surface area (Å²) in [5.41, 5.74) is 6.72. The molecule has 0 spiro atoms. The molecule has 2 rings (SSSR count). The predicted molar refractivity (Wildman–Crippen MR) is 76.2 cm³/mol. The van der Waals surface area contributed by atoms with Crippen LogP contribution in [0.3, 0.4) is 0 Å². The Labute approximate surface area is 122 Å². The van der Waals surface area contributed by atoms with Gasteiger partial charge in [0.15, 0.2) is 17.4 Å². The van der Waals surface area contributed by atoms with Crippen molar-refractivity contribution in [3.05, 3.63) is 59.2 Å². The smallest absolute Gasteiger partial charge is 0.191 e. The third kappa shape index (κ3) is 4.16. The van der Waals surface area contributed by atoms with Gasteiger partial charge in [-0.1, -0.05) is 12.1 Å².